The van der Waals surface area contributed by atoms with E-state index in [9.17, 15) is 9.90 Å². The summed E-state index contributed by atoms with van der Waals surface area (Å²) in [4.78, 5) is 15.8. The molecule has 0 spiro atoms. The number of ether oxygens (including phenoxy) is 1. The quantitative estimate of drug-likeness (QED) is 0.507. The Kier molecular flexibility index (Phi) is 7.21. The van der Waals surface area contributed by atoms with Crippen LogP contribution in [-0.2, 0) is 11.3 Å². The van der Waals surface area contributed by atoms with E-state index >= 15 is 0 Å². The number of rotatable bonds is 7. The lowest BCUT2D eigenvalue weighted by atomic mass is 10.1. The molecule has 1 fully saturated rings. The van der Waals surface area contributed by atoms with Crippen LogP contribution < -0.4 is 20.2 Å². The number of hydrazone groups is 1. The molecule has 2 aromatic carbocycles. The van der Waals surface area contributed by atoms with Crippen molar-refractivity contribution < 1.29 is 19.5 Å². The zero-order valence-electron chi connectivity index (χ0n) is 17.0. The van der Waals surface area contributed by atoms with Gasteiger partial charge in [0.1, 0.15) is 5.75 Å². The van der Waals surface area contributed by atoms with Crippen molar-refractivity contribution in [3.8, 4) is 11.5 Å². The summed E-state index contributed by atoms with van der Waals surface area (Å²) < 4.78 is 5.00. The second-order valence-corrected chi connectivity index (χ2v) is 7.39. The highest BCUT2D eigenvalue weighted by molar-refractivity contribution is 5.83. The molecule has 29 heavy (non-hydrogen) atoms. The third kappa shape index (κ3) is 6.30. The smallest absolute Gasteiger partial charge is 0.295 e. The predicted octanol–water partition coefficient (Wildman–Crippen LogP) is -0.0720. The Balaban J connectivity index is 1.40. The normalized spacial score (nSPS) is 15.5. The van der Waals surface area contributed by atoms with Crippen LogP contribution in [0, 0.1) is 6.92 Å². The first-order valence-corrected chi connectivity index (χ1v) is 9.82. The highest BCUT2D eigenvalue weighted by Gasteiger charge is 2.22. The first-order chi connectivity index (χ1) is 14.0. The van der Waals surface area contributed by atoms with Gasteiger partial charge in [-0.1, -0.05) is 47.7 Å². The van der Waals surface area contributed by atoms with Crippen LogP contribution in [0.25, 0.3) is 0 Å². The van der Waals surface area contributed by atoms with E-state index in [1.165, 1.54) is 35.4 Å². The highest BCUT2D eigenvalue weighted by Crippen LogP contribution is 2.22. The third-order valence-electron chi connectivity index (χ3n) is 5.09. The maximum atomic E-state index is 12.1. The number of nitrogens with zero attached hydrogens (tertiary/aromatic N) is 2. The molecule has 0 radical (unpaired) electrons. The van der Waals surface area contributed by atoms with E-state index in [1.807, 2.05) is 0 Å². The van der Waals surface area contributed by atoms with Crippen LogP contribution in [0.1, 0.15) is 16.7 Å². The summed E-state index contributed by atoms with van der Waals surface area (Å²) in [6, 6.07) is 13.3. The summed E-state index contributed by atoms with van der Waals surface area (Å²) >= 11 is 0. The van der Waals surface area contributed by atoms with Crippen LogP contribution in [0.5, 0.6) is 11.5 Å². The van der Waals surface area contributed by atoms with Gasteiger partial charge in [-0.05, 0) is 24.1 Å². The van der Waals surface area contributed by atoms with E-state index in [-0.39, 0.29) is 17.4 Å². The van der Waals surface area contributed by atoms with E-state index < -0.39 is 0 Å². The molecule has 0 aromatic heterocycles. The monoisotopic (exact) mass is 396 g/mol. The third-order valence-corrected chi connectivity index (χ3v) is 5.09. The van der Waals surface area contributed by atoms with Crippen LogP contribution >= 0.6 is 0 Å². The lowest BCUT2D eigenvalue weighted by molar-refractivity contribution is -0.896. The number of piperazine rings is 1. The van der Waals surface area contributed by atoms with Crippen molar-refractivity contribution in [2.45, 2.75) is 13.5 Å². The van der Waals surface area contributed by atoms with Gasteiger partial charge in [0.2, 0.25) is 0 Å². The molecule has 0 aliphatic carbocycles. The molecule has 3 rings (SSSR count). The first-order valence-electron chi connectivity index (χ1n) is 9.82. The van der Waals surface area contributed by atoms with E-state index in [0.29, 0.717) is 12.1 Å². The molecule has 2 aromatic rings. The molecule has 1 aliphatic rings. The topological polar surface area (TPSA) is 81.4 Å². The van der Waals surface area contributed by atoms with Crippen molar-refractivity contribution >= 4 is 12.1 Å². The van der Waals surface area contributed by atoms with Gasteiger partial charge in [-0.2, -0.15) is 5.10 Å². The summed E-state index contributed by atoms with van der Waals surface area (Å²) in [5.41, 5.74) is 5.86. The van der Waals surface area contributed by atoms with Crippen LogP contribution in [0.3, 0.4) is 0 Å². The van der Waals surface area contributed by atoms with E-state index in [1.54, 1.807) is 12.1 Å². The SMILES string of the molecule is COc1cc(/C=N/NC(=O)C[NH+]2CCN(Cc3ccc(C)cc3)CC2)ccc1[O-]. The predicted molar refractivity (Wildman–Crippen MR) is 110 cm³/mol. The number of hydrogen-bond acceptors (Lipinski definition) is 5. The average molecular weight is 396 g/mol. The number of quaternary nitrogens is 1. The average Bonchev–Trinajstić information content (AvgIpc) is 2.72. The number of benzene rings is 2. The van der Waals surface area contributed by atoms with Gasteiger partial charge >= 0.3 is 0 Å². The maximum absolute atomic E-state index is 12.1. The molecule has 154 valence electrons. The Hall–Kier alpha value is -2.90. The lowest BCUT2D eigenvalue weighted by Crippen LogP contribution is -3.15. The molecule has 0 atom stereocenters. The molecule has 1 aliphatic heterocycles. The van der Waals surface area contributed by atoms with Gasteiger partial charge in [-0.3, -0.25) is 9.69 Å². The zero-order chi connectivity index (χ0) is 20.6. The van der Waals surface area contributed by atoms with Crippen molar-refractivity contribution in [2.75, 3.05) is 39.8 Å². The summed E-state index contributed by atoms with van der Waals surface area (Å²) in [7, 11) is 1.45. The van der Waals surface area contributed by atoms with Gasteiger partial charge in [0.05, 0.1) is 26.4 Å². The van der Waals surface area contributed by atoms with Gasteiger partial charge in [-0.15, -0.1) is 0 Å². The number of aryl methyl sites for hydroxylation is 1. The largest absolute Gasteiger partial charge is 0.870 e. The fourth-order valence-electron chi connectivity index (χ4n) is 3.37. The molecule has 1 amide bonds. The summed E-state index contributed by atoms with van der Waals surface area (Å²) in [6.07, 6.45) is 1.51. The minimum atomic E-state index is -0.182. The molecular formula is C22H28N4O3. The molecular weight excluding hydrogens is 368 g/mol. The second kappa shape index (κ2) is 10.0. The van der Waals surface area contributed by atoms with Crippen molar-refractivity contribution in [2.24, 2.45) is 5.10 Å². The second-order valence-electron chi connectivity index (χ2n) is 7.39. The van der Waals surface area contributed by atoms with E-state index in [4.69, 9.17) is 4.74 Å². The van der Waals surface area contributed by atoms with Gasteiger partial charge < -0.3 is 14.7 Å². The molecule has 0 bridgehead atoms. The summed E-state index contributed by atoms with van der Waals surface area (Å²) in [5, 5.41) is 15.5. The maximum Gasteiger partial charge on any atom is 0.295 e. The Morgan fingerprint density at radius 3 is 2.66 bits per heavy atom. The van der Waals surface area contributed by atoms with Gasteiger partial charge in [-0.25, -0.2) is 5.43 Å². The van der Waals surface area contributed by atoms with Gasteiger partial charge in [0, 0.05) is 19.6 Å². The Labute approximate surface area is 171 Å². The molecule has 2 N–H and O–H groups in total. The Bertz CT molecular complexity index is 844. The van der Waals surface area contributed by atoms with Crippen molar-refractivity contribution in [3.05, 3.63) is 59.2 Å². The van der Waals surface area contributed by atoms with Gasteiger partial charge in [0.15, 0.2) is 6.54 Å². The lowest BCUT2D eigenvalue weighted by Gasteiger charge is -2.31. The standard InChI is InChI=1S/C22H28N4O3/c1-17-3-5-18(6-4-17)15-25-9-11-26(12-10-25)16-22(28)24-23-14-19-7-8-20(27)21(13-19)29-2/h3-8,13-14,27H,9-12,15-16H2,1-2H3,(H,24,28)/b23-14+. The molecule has 0 saturated carbocycles. The van der Waals surface area contributed by atoms with E-state index in [0.717, 1.165) is 32.7 Å². The number of carbonyl (C=O) groups is 1. The van der Waals surface area contributed by atoms with Crippen LogP contribution in [-0.4, -0.2) is 56.9 Å². The molecule has 0 unspecified atom stereocenters. The number of methoxy groups -OCH3 is 1. The van der Waals surface area contributed by atoms with Gasteiger partial charge in [0.25, 0.3) is 5.91 Å². The first kappa shape index (κ1) is 20.8. The molecule has 7 heteroatoms. The van der Waals surface area contributed by atoms with Crippen molar-refractivity contribution in [3.63, 3.8) is 0 Å². The fraction of sp³-hybridized carbons (Fsp3) is 0.364. The van der Waals surface area contributed by atoms with Crippen LogP contribution in [0.15, 0.2) is 47.6 Å². The minimum absolute atomic E-state index is 0.115. The number of nitrogens with one attached hydrogen (secondary N) is 2. The fourth-order valence-corrected chi connectivity index (χ4v) is 3.37. The molecule has 7 nitrogen and oxygen atoms in total. The van der Waals surface area contributed by atoms with Crippen molar-refractivity contribution in [1.82, 2.24) is 10.3 Å². The van der Waals surface area contributed by atoms with E-state index in [2.05, 4.69) is 46.6 Å². The molecule has 1 saturated heterocycles. The number of carbonyl (C=O) groups excluding carboxylic acids is 1. The Morgan fingerprint density at radius 1 is 1.24 bits per heavy atom. The zero-order valence-corrected chi connectivity index (χ0v) is 17.0. The molecule has 1 heterocycles. The Morgan fingerprint density at radius 2 is 1.97 bits per heavy atom. The summed E-state index contributed by atoms with van der Waals surface area (Å²) in [5.74, 6) is -0.0392. The van der Waals surface area contributed by atoms with Crippen LogP contribution in [0.2, 0.25) is 0 Å². The highest BCUT2D eigenvalue weighted by atomic mass is 16.5. The number of hydrogen-bond donors (Lipinski definition) is 2. The van der Waals surface area contributed by atoms with Crippen molar-refractivity contribution in [1.29, 1.82) is 0 Å². The summed E-state index contributed by atoms with van der Waals surface area (Å²) in [6.45, 7) is 7.27. The number of amides is 1. The van der Waals surface area contributed by atoms with Crippen LogP contribution in [0.4, 0.5) is 0 Å². The minimum Gasteiger partial charge on any atom is -0.870 e.